The van der Waals surface area contributed by atoms with E-state index in [2.05, 4.69) is 0 Å². The molecule has 0 aromatic heterocycles. The van der Waals surface area contributed by atoms with E-state index >= 15 is 0 Å². The van der Waals surface area contributed by atoms with Crippen LogP contribution in [-0.4, -0.2) is 18.3 Å². The molecule has 0 bridgehead atoms. The smallest absolute Gasteiger partial charge is 0.119 e. The van der Waals surface area contributed by atoms with Gasteiger partial charge in [0.05, 0.1) is 12.7 Å². The fourth-order valence-corrected chi connectivity index (χ4v) is 1.63. The lowest BCUT2D eigenvalue weighted by Gasteiger charge is -2.11. The molecule has 3 nitrogen and oxygen atoms in total. The second-order valence-corrected chi connectivity index (χ2v) is 4.42. The monoisotopic (exact) mass is 221 g/mol. The molecule has 0 saturated heterocycles. The van der Waals surface area contributed by atoms with Crippen LogP contribution in [-0.2, 0) is 0 Å². The van der Waals surface area contributed by atoms with Crippen LogP contribution in [0.3, 0.4) is 0 Å². The molecular formula is C13H19NO2. The fraction of sp³-hybridized carbons (Fsp3) is 0.538. The van der Waals surface area contributed by atoms with Crippen molar-refractivity contribution >= 4 is 0 Å². The maximum absolute atomic E-state index is 9.80. The molecule has 1 fully saturated rings. The molecule has 3 heteroatoms. The molecule has 0 aliphatic heterocycles. The Morgan fingerprint density at radius 3 is 2.94 bits per heavy atom. The number of rotatable bonds is 6. The van der Waals surface area contributed by atoms with Gasteiger partial charge >= 0.3 is 0 Å². The Hall–Kier alpha value is -1.06. The molecule has 1 aliphatic rings. The predicted octanol–water partition coefficient (Wildman–Crippen LogP) is 1.86. The van der Waals surface area contributed by atoms with E-state index in [0.29, 0.717) is 13.0 Å². The molecule has 1 aliphatic carbocycles. The number of aliphatic hydroxyl groups is 1. The van der Waals surface area contributed by atoms with Gasteiger partial charge in [0.15, 0.2) is 0 Å². The van der Waals surface area contributed by atoms with E-state index in [1.807, 2.05) is 24.3 Å². The van der Waals surface area contributed by atoms with Crippen LogP contribution in [0.1, 0.15) is 30.9 Å². The first-order valence-corrected chi connectivity index (χ1v) is 5.90. The van der Waals surface area contributed by atoms with Gasteiger partial charge in [-0.15, -0.1) is 0 Å². The number of hydrogen-bond acceptors (Lipinski definition) is 3. The third kappa shape index (κ3) is 3.22. The molecule has 3 N–H and O–H groups in total. The highest BCUT2D eigenvalue weighted by Gasteiger charge is 2.21. The summed E-state index contributed by atoms with van der Waals surface area (Å²) in [7, 11) is 0. The molecule has 88 valence electrons. The summed E-state index contributed by atoms with van der Waals surface area (Å²) in [6.07, 6.45) is 2.69. The first kappa shape index (κ1) is 11.4. The van der Waals surface area contributed by atoms with Gasteiger partial charge in [-0.05, 0) is 49.4 Å². The third-order valence-electron chi connectivity index (χ3n) is 2.87. The van der Waals surface area contributed by atoms with Crippen molar-refractivity contribution in [1.29, 1.82) is 0 Å². The zero-order valence-electron chi connectivity index (χ0n) is 9.43. The van der Waals surface area contributed by atoms with Gasteiger partial charge in [-0.25, -0.2) is 0 Å². The van der Waals surface area contributed by atoms with Gasteiger partial charge in [0, 0.05) is 0 Å². The zero-order valence-corrected chi connectivity index (χ0v) is 9.43. The van der Waals surface area contributed by atoms with Crippen molar-refractivity contribution in [3.8, 4) is 5.75 Å². The van der Waals surface area contributed by atoms with Crippen molar-refractivity contribution in [2.75, 3.05) is 13.2 Å². The van der Waals surface area contributed by atoms with Gasteiger partial charge in [-0.1, -0.05) is 12.1 Å². The highest BCUT2D eigenvalue weighted by atomic mass is 16.5. The van der Waals surface area contributed by atoms with Gasteiger partial charge in [-0.3, -0.25) is 0 Å². The molecule has 2 rings (SSSR count). The Balaban J connectivity index is 1.94. The van der Waals surface area contributed by atoms with Crippen LogP contribution in [0.5, 0.6) is 5.75 Å². The highest BCUT2D eigenvalue weighted by Crippen LogP contribution is 2.30. The molecule has 1 unspecified atom stereocenters. The largest absolute Gasteiger partial charge is 0.493 e. The fourth-order valence-electron chi connectivity index (χ4n) is 1.63. The van der Waals surface area contributed by atoms with Gasteiger partial charge in [-0.2, -0.15) is 0 Å². The van der Waals surface area contributed by atoms with Gasteiger partial charge in [0.1, 0.15) is 5.75 Å². The van der Waals surface area contributed by atoms with E-state index in [0.717, 1.165) is 23.8 Å². The van der Waals surface area contributed by atoms with Gasteiger partial charge in [0.25, 0.3) is 0 Å². The van der Waals surface area contributed by atoms with Crippen LogP contribution in [0.2, 0.25) is 0 Å². The van der Waals surface area contributed by atoms with Crippen LogP contribution >= 0.6 is 0 Å². The zero-order chi connectivity index (χ0) is 11.4. The summed E-state index contributed by atoms with van der Waals surface area (Å²) in [5.74, 6) is 1.60. The van der Waals surface area contributed by atoms with Crippen LogP contribution in [0, 0.1) is 5.92 Å². The Labute approximate surface area is 96.2 Å². The first-order chi connectivity index (χ1) is 7.79. The molecule has 1 aromatic rings. The second kappa shape index (κ2) is 5.32. The maximum atomic E-state index is 9.80. The highest BCUT2D eigenvalue weighted by molar-refractivity contribution is 5.29. The molecule has 0 heterocycles. The Bertz CT molecular complexity index is 336. The van der Waals surface area contributed by atoms with Crippen LogP contribution in [0.25, 0.3) is 0 Å². The lowest BCUT2D eigenvalue weighted by atomic mass is 10.1. The molecule has 1 saturated carbocycles. The summed E-state index contributed by atoms with van der Waals surface area (Å²) in [5.41, 5.74) is 6.31. The summed E-state index contributed by atoms with van der Waals surface area (Å²) >= 11 is 0. The summed E-state index contributed by atoms with van der Waals surface area (Å²) in [5, 5.41) is 9.80. The van der Waals surface area contributed by atoms with Crippen LogP contribution in [0.15, 0.2) is 24.3 Å². The molecule has 1 atom stereocenters. The number of nitrogens with two attached hydrogens (primary N) is 1. The van der Waals surface area contributed by atoms with E-state index in [9.17, 15) is 5.11 Å². The molecule has 0 radical (unpaired) electrons. The maximum Gasteiger partial charge on any atom is 0.119 e. The van der Waals surface area contributed by atoms with Crippen molar-refractivity contribution in [3.05, 3.63) is 29.8 Å². The Kier molecular flexibility index (Phi) is 3.80. The minimum atomic E-state index is -0.477. The lowest BCUT2D eigenvalue weighted by molar-refractivity contribution is 0.169. The van der Waals surface area contributed by atoms with Crippen LogP contribution in [0.4, 0.5) is 0 Å². The average Bonchev–Trinajstić information content (AvgIpc) is 3.11. The van der Waals surface area contributed by atoms with Gasteiger partial charge < -0.3 is 15.6 Å². The lowest BCUT2D eigenvalue weighted by Crippen LogP contribution is -2.07. The quantitative estimate of drug-likeness (QED) is 0.771. The molecule has 0 spiro atoms. The van der Waals surface area contributed by atoms with E-state index in [4.69, 9.17) is 10.5 Å². The Morgan fingerprint density at radius 1 is 1.44 bits per heavy atom. The van der Waals surface area contributed by atoms with Crippen molar-refractivity contribution in [1.82, 2.24) is 0 Å². The number of ether oxygens (including phenoxy) is 1. The minimum Gasteiger partial charge on any atom is -0.493 e. The molecule has 1 aromatic carbocycles. The molecule has 0 amide bonds. The van der Waals surface area contributed by atoms with Crippen molar-refractivity contribution < 1.29 is 9.84 Å². The van der Waals surface area contributed by atoms with E-state index < -0.39 is 6.10 Å². The first-order valence-electron chi connectivity index (χ1n) is 5.90. The summed E-state index contributed by atoms with van der Waals surface area (Å²) in [6.45, 7) is 1.30. The number of hydrogen-bond donors (Lipinski definition) is 2. The number of benzene rings is 1. The summed E-state index contributed by atoms with van der Waals surface area (Å²) < 4.78 is 5.66. The van der Waals surface area contributed by atoms with Crippen molar-refractivity contribution in [3.63, 3.8) is 0 Å². The van der Waals surface area contributed by atoms with E-state index in [1.165, 1.54) is 12.8 Å². The van der Waals surface area contributed by atoms with E-state index in [-0.39, 0.29) is 0 Å². The molecule has 16 heavy (non-hydrogen) atoms. The standard InChI is InChI=1S/C13H19NO2/c14-7-6-13(15)11-2-1-3-12(8-11)16-9-10-4-5-10/h1-3,8,10,13,15H,4-7,9,14H2. The SMILES string of the molecule is NCCC(O)c1cccc(OCC2CC2)c1. The number of aliphatic hydroxyl groups excluding tert-OH is 1. The average molecular weight is 221 g/mol. The second-order valence-electron chi connectivity index (χ2n) is 4.42. The van der Waals surface area contributed by atoms with Crippen molar-refractivity contribution in [2.45, 2.75) is 25.4 Å². The molecular weight excluding hydrogens is 202 g/mol. The minimum absolute atomic E-state index is 0.477. The summed E-state index contributed by atoms with van der Waals surface area (Å²) in [4.78, 5) is 0. The Morgan fingerprint density at radius 2 is 2.25 bits per heavy atom. The van der Waals surface area contributed by atoms with Crippen molar-refractivity contribution in [2.24, 2.45) is 11.7 Å². The van der Waals surface area contributed by atoms with Crippen LogP contribution < -0.4 is 10.5 Å². The normalized spacial score (nSPS) is 17.1. The predicted molar refractivity (Wildman–Crippen MR) is 63.3 cm³/mol. The topological polar surface area (TPSA) is 55.5 Å². The van der Waals surface area contributed by atoms with E-state index in [1.54, 1.807) is 0 Å². The third-order valence-corrected chi connectivity index (χ3v) is 2.87. The summed E-state index contributed by atoms with van der Waals surface area (Å²) in [6, 6.07) is 7.66. The van der Waals surface area contributed by atoms with Gasteiger partial charge in [0.2, 0.25) is 0 Å².